The Balaban J connectivity index is 2.38. The van der Waals surface area contributed by atoms with Crippen molar-refractivity contribution in [3.63, 3.8) is 0 Å². The average molecular weight is 188 g/mol. The number of carbonyl (C=O) groups excluding carboxylic acids is 1. The first-order chi connectivity index (χ1) is 6.86. The molecule has 1 aliphatic rings. The molecule has 4 heteroatoms. The van der Waals surface area contributed by atoms with Crippen LogP contribution < -0.4 is 4.74 Å². The number of hydrogen-bond donors (Lipinski definition) is 0. The number of ketones is 1. The number of aromatic nitrogens is 2. The third kappa shape index (κ3) is 0.878. The minimum Gasteiger partial charge on any atom is -0.488 e. The molecular weight excluding hydrogens is 180 g/mol. The summed E-state index contributed by atoms with van der Waals surface area (Å²) in [5.41, 5.74) is 1.37. The second-order valence-corrected chi connectivity index (χ2v) is 3.24. The Hall–Kier alpha value is -1.84. The van der Waals surface area contributed by atoms with Crippen molar-refractivity contribution in [3.8, 4) is 5.75 Å². The standard InChI is InChI=1S/C10H8N2O2/c13-8-2-6-14-9-7(8)1-4-12-5-3-11-10(9)12/h1,3-5H,2,6H2. The molecule has 0 fully saturated rings. The second-order valence-electron chi connectivity index (χ2n) is 3.24. The van der Waals surface area contributed by atoms with Gasteiger partial charge in [0, 0.05) is 25.0 Å². The van der Waals surface area contributed by atoms with Crippen molar-refractivity contribution >= 4 is 11.4 Å². The van der Waals surface area contributed by atoms with Gasteiger partial charge in [-0.1, -0.05) is 0 Å². The van der Waals surface area contributed by atoms with Crippen LogP contribution >= 0.6 is 0 Å². The Morgan fingerprint density at radius 1 is 1.43 bits per heavy atom. The van der Waals surface area contributed by atoms with E-state index in [9.17, 15) is 4.79 Å². The van der Waals surface area contributed by atoms with Crippen LogP contribution in [0.1, 0.15) is 16.8 Å². The van der Waals surface area contributed by atoms with Gasteiger partial charge < -0.3 is 9.14 Å². The number of rotatable bonds is 0. The fraction of sp³-hybridized carbons (Fsp3) is 0.200. The summed E-state index contributed by atoms with van der Waals surface area (Å²) in [5.74, 6) is 0.755. The lowest BCUT2D eigenvalue weighted by molar-refractivity contribution is 0.0934. The highest BCUT2D eigenvalue weighted by Crippen LogP contribution is 2.28. The van der Waals surface area contributed by atoms with Crippen LogP contribution in [-0.2, 0) is 0 Å². The molecule has 0 unspecified atom stereocenters. The molecule has 3 heterocycles. The lowest BCUT2D eigenvalue weighted by Crippen LogP contribution is -2.16. The van der Waals surface area contributed by atoms with Gasteiger partial charge in [-0.2, -0.15) is 0 Å². The largest absolute Gasteiger partial charge is 0.488 e. The number of ether oxygens (including phenoxy) is 1. The third-order valence-electron chi connectivity index (χ3n) is 2.39. The fourth-order valence-corrected chi connectivity index (χ4v) is 1.70. The van der Waals surface area contributed by atoms with E-state index in [0.717, 1.165) is 5.65 Å². The van der Waals surface area contributed by atoms with E-state index in [4.69, 9.17) is 4.74 Å². The van der Waals surface area contributed by atoms with Gasteiger partial charge in [-0.05, 0) is 6.07 Å². The smallest absolute Gasteiger partial charge is 0.180 e. The Labute approximate surface area is 80.1 Å². The summed E-state index contributed by atoms with van der Waals surface area (Å²) in [6, 6.07) is 1.78. The van der Waals surface area contributed by atoms with Gasteiger partial charge in [0.15, 0.2) is 17.2 Å². The molecule has 1 aliphatic heterocycles. The number of nitrogens with zero attached hydrogens (tertiary/aromatic N) is 2. The second kappa shape index (κ2) is 2.57. The molecule has 2 aromatic heterocycles. The summed E-state index contributed by atoms with van der Waals surface area (Å²) in [4.78, 5) is 15.7. The number of fused-ring (bicyclic) bond motifs is 3. The topological polar surface area (TPSA) is 43.6 Å². The molecule has 3 rings (SSSR count). The van der Waals surface area contributed by atoms with Crippen molar-refractivity contribution in [2.24, 2.45) is 0 Å². The summed E-state index contributed by atoms with van der Waals surface area (Å²) in [6.07, 6.45) is 5.81. The minimum atomic E-state index is 0.136. The van der Waals surface area contributed by atoms with Gasteiger partial charge in [0.05, 0.1) is 12.2 Å². The molecule has 0 saturated heterocycles. The van der Waals surface area contributed by atoms with Crippen molar-refractivity contribution in [3.05, 3.63) is 30.2 Å². The highest BCUT2D eigenvalue weighted by molar-refractivity contribution is 6.01. The van der Waals surface area contributed by atoms with Gasteiger partial charge in [-0.25, -0.2) is 4.98 Å². The average Bonchev–Trinajstić information content (AvgIpc) is 2.66. The molecule has 0 bridgehead atoms. The zero-order valence-electron chi connectivity index (χ0n) is 7.43. The molecule has 0 spiro atoms. The van der Waals surface area contributed by atoms with E-state index < -0.39 is 0 Å². The van der Waals surface area contributed by atoms with Crippen LogP contribution in [-0.4, -0.2) is 21.8 Å². The number of carbonyl (C=O) groups is 1. The van der Waals surface area contributed by atoms with Crippen LogP contribution in [0, 0.1) is 0 Å². The summed E-state index contributed by atoms with van der Waals surface area (Å²) in [6.45, 7) is 0.457. The predicted molar refractivity (Wildman–Crippen MR) is 49.6 cm³/mol. The number of pyridine rings is 1. The van der Waals surface area contributed by atoms with Crippen molar-refractivity contribution in [1.29, 1.82) is 0 Å². The van der Waals surface area contributed by atoms with Crippen molar-refractivity contribution in [2.45, 2.75) is 6.42 Å². The predicted octanol–water partition coefficient (Wildman–Crippen LogP) is 1.30. The molecule has 0 atom stereocenters. The molecule has 2 aromatic rings. The summed E-state index contributed by atoms with van der Waals surface area (Å²) >= 11 is 0. The van der Waals surface area contributed by atoms with Crippen LogP contribution in [0.4, 0.5) is 0 Å². The van der Waals surface area contributed by atoms with Gasteiger partial charge in [0.2, 0.25) is 0 Å². The first-order valence-electron chi connectivity index (χ1n) is 4.48. The SMILES string of the molecule is O=C1CCOc2c1ccn1ccnc21. The van der Waals surface area contributed by atoms with Crippen molar-refractivity contribution in [2.75, 3.05) is 6.61 Å². The Morgan fingerprint density at radius 3 is 3.29 bits per heavy atom. The zero-order valence-corrected chi connectivity index (χ0v) is 7.43. The van der Waals surface area contributed by atoms with Gasteiger partial charge in [0.25, 0.3) is 0 Å². The van der Waals surface area contributed by atoms with Crippen LogP contribution in [0.2, 0.25) is 0 Å². The number of Topliss-reactive ketones (excluding diaryl/α,β-unsaturated/α-hetero) is 1. The maximum Gasteiger partial charge on any atom is 0.180 e. The molecule has 4 nitrogen and oxygen atoms in total. The van der Waals surface area contributed by atoms with Crippen LogP contribution in [0.25, 0.3) is 5.65 Å². The quantitative estimate of drug-likeness (QED) is 0.625. The van der Waals surface area contributed by atoms with E-state index in [0.29, 0.717) is 24.3 Å². The lowest BCUT2D eigenvalue weighted by atomic mass is 10.1. The molecule has 70 valence electrons. The fourth-order valence-electron chi connectivity index (χ4n) is 1.70. The summed E-state index contributed by atoms with van der Waals surface area (Å²) < 4.78 is 7.31. The molecule has 0 radical (unpaired) electrons. The summed E-state index contributed by atoms with van der Waals surface area (Å²) in [7, 11) is 0. The first-order valence-corrected chi connectivity index (χ1v) is 4.48. The summed E-state index contributed by atoms with van der Waals surface area (Å²) in [5, 5.41) is 0. The Bertz CT molecular complexity index is 516. The molecule has 0 N–H and O–H groups in total. The zero-order chi connectivity index (χ0) is 9.54. The van der Waals surface area contributed by atoms with E-state index in [2.05, 4.69) is 4.98 Å². The maximum absolute atomic E-state index is 11.5. The van der Waals surface area contributed by atoms with Crippen LogP contribution in [0.5, 0.6) is 5.75 Å². The molecule has 0 saturated carbocycles. The van der Waals surface area contributed by atoms with Gasteiger partial charge >= 0.3 is 0 Å². The van der Waals surface area contributed by atoms with Crippen LogP contribution in [0.15, 0.2) is 24.7 Å². The van der Waals surface area contributed by atoms with Crippen molar-refractivity contribution in [1.82, 2.24) is 9.38 Å². The minimum absolute atomic E-state index is 0.136. The molecular formula is C10H8N2O2. The number of hydrogen-bond acceptors (Lipinski definition) is 3. The van der Waals surface area contributed by atoms with Crippen LogP contribution in [0.3, 0.4) is 0 Å². The lowest BCUT2D eigenvalue weighted by Gasteiger charge is -2.16. The molecule has 14 heavy (non-hydrogen) atoms. The van der Waals surface area contributed by atoms with Gasteiger partial charge in [-0.3, -0.25) is 4.79 Å². The molecule has 0 aliphatic carbocycles. The van der Waals surface area contributed by atoms with Crippen molar-refractivity contribution < 1.29 is 9.53 Å². The van der Waals surface area contributed by atoms with Gasteiger partial charge in [0.1, 0.15) is 0 Å². The Morgan fingerprint density at radius 2 is 2.36 bits per heavy atom. The highest BCUT2D eigenvalue weighted by atomic mass is 16.5. The third-order valence-corrected chi connectivity index (χ3v) is 2.39. The van der Waals surface area contributed by atoms with E-state index in [-0.39, 0.29) is 5.78 Å². The monoisotopic (exact) mass is 188 g/mol. The van der Waals surface area contributed by atoms with E-state index in [1.165, 1.54) is 0 Å². The Kier molecular flexibility index (Phi) is 1.39. The highest BCUT2D eigenvalue weighted by Gasteiger charge is 2.21. The normalized spacial score (nSPS) is 15.3. The number of imidazole rings is 1. The molecule has 0 amide bonds. The first kappa shape index (κ1) is 7.55. The maximum atomic E-state index is 11.5. The van der Waals surface area contributed by atoms with E-state index in [1.54, 1.807) is 12.3 Å². The van der Waals surface area contributed by atoms with E-state index in [1.807, 2.05) is 16.8 Å². The molecule has 0 aromatic carbocycles. The van der Waals surface area contributed by atoms with Gasteiger partial charge in [-0.15, -0.1) is 0 Å². The van der Waals surface area contributed by atoms with E-state index >= 15 is 0 Å².